The maximum absolute atomic E-state index is 13.3. The molecule has 9 rings (SSSR count). The minimum atomic E-state index is -1.84. The third-order valence-electron chi connectivity index (χ3n) is 17.0. The van der Waals surface area contributed by atoms with Gasteiger partial charge in [-0.05, 0) is 113 Å². The lowest BCUT2D eigenvalue weighted by molar-refractivity contribution is -0.320. The van der Waals surface area contributed by atoms with Crippen molar-refractivity contribution in [2.75, 3.05) is 38.7 Å². The summed E-state index contributed by atoms with van der Waals surface area (Å²) in [6.07, 6.45) is 9.95. The molecular weight excluding hydrogens is 979 g/mol. The number of carbonyl (C=O) groups is 2. The number of amides is 2. The highest BCUT2D eigenvalue weighted by Gasteiger charge is 2.55. The lowest BCUT2D eigenvalue weighted by Gasteiger charge is -2.50. The van der Waals surface area contributed by atoms with Gasteiger partial charge in [0.2, 0.25) is 11.7 Å². The van der Waals surface area contributed by atoms with Crippen LogP contribution in [0.1, 0.15) is 130 Å². The van der Waals surface area contributed by atoms with E-state index in [-0.39, 0.29) is 62.0 Å². The lowest BCUT2D eigenvalue weighted by Crippen LogP contribution is -2.60. The second-order valence-corrected chi connectivity index (χ2v) is 23.5. The third-order valence-corrected chi connectivity index (χ3v) is 17.0. The predicted molar refractivity (Wildman–Crippen MR) is 282 cm³/mol. The van der Waals surface area contributed by atoms with Crippen LogP contribution in [0.25, 0.3) is 11.0 Å². The van der Waals surface area contributed by atoms with Crippen molar-refractivity contribution in [3.05, 3.63) is 76.2 Å². The molecule has 0 saturated carbocycles. The van der Waals surface area contributed by atoms with Crippen molar-refractivity contribution in [2.24, 2.45) is 11.8 Å². The molecule has 1 aromatic carbocycles. The third kappa shape index (κ3) is 12.7. The summed E-state index contributed by atoms with van der Waals surface area (Å²) < 4.78 is 51.1. The van der Waals surface area contributed by atoms with Gasteiger partial charge in [0.25, 0.3) is 5.91 Å². The fraction of sp³-hybridized carbons (Fsp3) is 0.707. The van der Waals surface area contributed by atoms with E-state index in [1.54, 1.807) is 6.07 Å². The highest BCUT2D eigenvalue weighted by molar-refractivity contribution is 5.89. The molecule has 6 fully saturated rings. The molecule has 0 radical (unpaired) electrons. The van der Waals surface area contributed by atoms with Crippen LogP contribution < -0.4 is 21.2 Å². The van der Waals surface area contributed by atoms with Gasteiger partial charge in [0.05, 0.1) is 49.7 Å². The number of fused-ring (bicyclic) bond motifs is 2. The number of rotatable bonds is 16. The van der Waals surface area contributed by atoms with E-state index in [1.807, 2.05) is 57.1 Å². The number of hydrogen-bond acceptors (Lipinski definition) is 16. The number of aliphatic hydroxyl groups is 4. The monoisotopic (exact) mass is 1060 g/mol. The molecule has 6 saturated heterocycles. The van der Waals surface area contributed by atoms with E-state index in [2.05, 4.69) is 30.2 Å². The molecule has 2 aromatic rings. The van der Waals surface area contributed by atoms with Gasteiger partial charge in [-0.25, -0.2) is 4.79 Å². The van der Waals surface area contributed by atoms with Crippen LogP contribution in [0.3, 0.4) is 0 Å². The Morgan fingerprint density at radius 1 is 0.921 bits per heavy atom. The van der Waals surface area contributed by atoms with Crippen LogP contribution in [0.5, 0.6) is 0 Å². The van der Waals surface area contributed by atoms with Crippen molar-refractivity contribution in [3.8, 4) is 0 Å². The van der Waals surface area contributed by atoms with E-state index in [0.717, 1.165) is 56.4 Å². The molecular formula is C58H83N3O15. The van der Waals surface area contributed by atoms with Gasteiger partial charge in [0.1, 0.15) is 35.6 Å². The Hall–Kier alpha value is -4.05. The van der Waals surface area contributed by atoms with Crippen molar-refractivity contribution in [1.29, 1.82) is 0 Å². The highest BCUT2D eigenvalue weighted by atomic mass is 16.7. The first-order valence-electron chi connectivity index (χ1n) is 27.9. The van der Waals surface area contributed by atoms with Gasteiger partial charge < -0.3 is 73.5 Å². The van der Waals surface area contributed by atoms with E-state index in [4.69, 9.17) is 37.6 Å². The van der Waals surface area contributed by atoms with E-state index >= 15 is 0 Å². The van der Waals surface area contributed by atoms with Crippen LogP contribution in [0, 0.1) is 11.8 Å². The average Bonchev–Trinajstić information content (AvgIpc) is 3.78. The summed E-state index contributed by atoms with van der Waals surface area (Å²) in [6, 6.07) is 6.74. The average molecular weight is 1060 g/mol. The fourth-order valence-corrected chi connectivity index (χ4v) is 12.7. The van der Waals surface area contributed by atoms with E-state index in [1.165, 1.54) is 13.0 Å². The normalized spacial score (nSPS) is 35.9. The molecule has 1 aromatic heterocycles. The highest BCUT2D eigenvalue weighted by Crippen LogP contribution is 2.47. The molecule has 18 heteroatoms. The molecule has 18 nitrogen and oxygen atoms in total. The van der Waals surface area contributed by atoms with E-state index < -0.39 is 77.2 Å². The van der Waals surface area contributed by atoms with Crippen molar-refractivity contribution in [3.63, 3.8) is 0 Å². The minimum absolute atomic E-state index is 0.0263. The van der Waals surface area contributed by atoms with E-state index in [9.17, 15) is 34.8 Å². The first kappa shape index (κ1) is 56.7. The molecule has 7 aliphatic rings. The lowest BCUT2D eigenvalue weighted by atomic mass is 9.82. The zero-order valence-electron chi connectivity index (χ0n) is 45.3. The topological polar surface area (TPSA) is 237 Å². The van der Waals surface area contributed by atoms with Crippen molar-refractivity contribution in [2.45, 2.75) is 214 Å². The van der Waals surface area contributed by atoms with Crippen LogP contribution in [-0.2, 0) is 49.2 Å². The Kier molecular flexibility index (Phi) is 17.4. The second-order valence-electron chi connectivity index (χ2n) is 23.5. The first-order valence-corrected chi connectivity index (χ1v) is 27.9. The summed E-state index contributed by atoms with van der Waals surface area (Å²) in [5, 5.41) is 52.2. The molecule has 6 N–H and O–H groups in total. The van der Waals surface area contributed by atoms with Crippen LogP contribution in [0.4, 0.5) is 5.69 Å². The summed E-state index contributed by atoms with van der Waals surface area (Å²) in [5.41, 5.74) is 0.740. The Morgan fingerprint density at radius 3 is 2.47 bits per heavy atom. The zero-order chi connectivity index (χ0) is 54.2. The zero-order valence-corrected chi connectivity index (χ0v) is 45.3. The van der Waals surface area contributed by atoms with Crippen LogP contribution in [0.15, 0.2) is 69.4 Å². The number of ether oxygens (including phenoxy) is 7. The maximum atomic E-state index is 13.3. The summed E-state index contributed by atoms with van der Waals surface area (Å²) >= 11 is 0. The van der Waals surface area contributed by atoms with Crippen molar-refractivity contribution >= 4 is 28.5 Å². The van der Waals surface area contributed by atoms with Gasteiger partial charge in [0, 0.05) is 88.4 Å². The maximum Gasteiger partial charge on any atom is 0.336 e. The largest absolute Gasteiger partial charge is 0.423 e. The standard InChI is InChI=1S/C58H83N3O15/c1-34-27-46(75-58(32-34)48(63)17-15-41(73-58)33-55(5,68)54(67)60-25-24-59-49(64)29-38-30-50(65)70-47-31-39(61(6)7)13-16-42(38)47)35(2)12-14-40-18-22-57(72-40)23-19-45-53(76-57)51(66)37(4)52(71-45)43(62)28-36(3)44-11-10-21-56(74-44)20-8-9-26-69-56/h12-14,16,30-32,35-36,40-41,43-46,48,51-53,62-63,66,68H,4,8-11,15,17-29,33H2,1-3,5-7H3,(H,59,64)(H,60,67)/b14-12+/t35-,36+,40+,41+,43+,44+,45-,46+,48-,51-,52+,53-,55-,56+,57-,58-/m1/s1. The molecule has 0 aliphatic carbocycles. The Bertz CT molecular complexity index is 2520. The first-order chi connectivity index (χ1) is 36.1. The second kappa shape index (κ2) is 23.3. The van der Waals surface area contributed by atoms with Crippen molar-refractivity contribution < 1.29 is 67.6 Å². The quantitative estimate of drug-likeness (QED) is 0.0689. The summed E-state index contributed by atoms with van der Waals surface area (Å²) in [6.45, 7) is 12.6. The van der Waals surface area contributed by atoms with Crippen molar-refractivity contribution in [1.82, 2.24) is 10.6 Å². The van der Waals surface area contributed by atoms with E-state index in [0.29, 0.717) is 73.5 Å². The number of nitrogens with zero attached hydrogens (tertiary/aromatic N) is 1. The molecule has 76 heavy (non-hydrogen) atoms. The van der Waals surface area contributed by atoms with Gasteiger partial charge in [-0.2, -0.15) is 0 Å². The van der Waals surface area contributed by atoms with Crippen LogP contribution >= 0.6 is 0 Å². The molecule has 3 spiro atoms. The summed E-state index contributed by atoms with van der Waals surface area (Å²) in [4.78, 5) is 40.4. The Balaban J connectivity index is 0.726. The summed E-state index contributed by atoms with van der Waals surface area (Å²) in [7, 11) is 3.75. The molecule has 420 valence electrons. The van der Waals surface area contributed by atoms with Gasteiger partial charge >= 0.3 is 5.63 Å². The number of anilines is 1. The summed E-state index contributed by atoms with van der Waals surface area (Å²) in [5.74, 6) is -3.93. The molecule has 2 amide bonds. The Labute approximate surface area is 446 Å². The number of carbonyl (C=O) groups excluding carboxylic acids is 2. The molecule has 0 unspecified atom stereocenters. The van der Waals surface area contributed by atoms with Gasteiger partial charge in [-0.3, -0.25) is 9.59 Å². The van der Waals surface area contributed by atoms with Crippen LogP contribution in [-0.4, -0.2) is 150 Å². The molecule has 0 bridgehead atoms. The van der Waals surface area contributed by atoms with Gasteiger partial charge in [-0.15, -0.1) is 0 Å². The van der Waals surface area contributed by atoms with Gasteiger partial charge in [-0.1, -0.05) is 38.2 Å². The number of benzene rings is 1. The number of nitrogens with one attached hydrogen (secondary N) is 2. The SMILES string of the molecule is C=C1[C@@H](O)[C@@H]2O[C@]3(CC[C@H](/C=C/[C@@H](C)[C@@H]4CC(C)=C[C@@]5(O[C@H](C[C@@](C)(O)C(=O)NCCNC(=O)Cc6cc(=O)oc7cc(N(C)C)ccc67)CC[C@H]5O)O4)O3)CC[C@H]2O[C@@H]1[C@@H](O)C[C@H](C)[C@@H]1CCC[C@]2(CCCCO2)O1. The molecule has 16 atom stereocenters. The molecule has 7 aliphatic heterocycles. The smallest absolute Gasteiger partial charge is 0.336 e. The Morgan fingerprint density at radius 2 is 1.70 bits per heavy atom. The number of hydrogen-bond donors (Lipinski definition) is 6. The predicted octanol–water partition coefficient (Wildman–Crippen LogP) is 5.53. The fourth-order valence-electron chi connectivity index (χ4n) is 12.7. The number of aliphatic hydroxyl groups excluding tert-OH is 3. The molecule has 8 heterocycles. The van der Waals surface area contributed by atoms with Gasteiger partial charge in [0.15, 0.2) is 11.6 Å². The van der Waals surface area contributed by atoms with Crippen LogP contribution in [0.2, 0.25) is 0 Å². The minimum Gasteiger partial charge on any atom is -0.423 e.